The van der Waals surface area contributed by atoms with E-state index in [1.54, 1.807) is 33.8 Å². The topological polar surface area (TPSA) is 101 Å². The van der Waals surface area contributed by atoms with Gasteiger partial charge in [0.05, 0.1) is 0 Å². The van der Waals surface area contributed by atoms with Gasteiger partial charge in [0.15, 0.2) is 5.41 Å². The predicted molar refractivity (Wildman–Crippen MR) is 89.5 cm³/mol. The number of aromatic nitrogens is 2. The van der Waals surface area contributed by atoms with E-state index in [0.29, 0.717) is 18.5 Å². The van der Waals surface area contributed by atoms with Gasteiger partial charge < -0.3 is 15.0 Å². The second-order valence-corrected chi connectivity index (χ2v) is 7.01. The fourth-order valence-corrected chi connectivity index (χ4v) is 2.57. The maximum Gasteiger partial charge on any atom is 0.347 e. The highest BCUT2D eigenvalue weighted by atomic mass is 16.6. The van der Waals surface area contributed by atoms with Gasteiger partial charge in [0.1, 0.15) is 11.4 Å². The second-order valence-electron chi connectivity index (χ2n) is 7.01. The number of aryl methyl sites for hydroxylation is 1. The molecule has 1 heterocycles. The van der Waals surface area contributed by atoms with Crippen molar-refractivity contribution in [1.82, 2.24) is 9.97 Å². The number of hydrogen-bond donors (Lipinski definition) is 2. The first-order valence-corrected chi connectivity index (χ1v) is 7.90. The fourth-order valence-electron chi connectivity index (χ4n) is 2.57. The van der Waals surface area contributed by atoms with Crippen molar-refractivity contribution in [3.05, 3.63) is 34.4 Å². The van der Waals surface area contributed by atoms with Crippen LogP contribution in [-0.2, 0) is 14.3 Å². The summed E-state index contributed by atoms with van der Waals surface area (Å²) in [5, 5.41) is 2.60. The van der Waals surface area contributed by atoms with Gasteiger partial charge in [-0.15, -0.1) is 0 Å². The molecule has 1 aromatic heterocycles. The lowest BCUT2D eigenvalue weighted by Gasteiger charge is -2.33. The Morgan fingerprint density at radius 2 is 2.04 bits per heavy atom. The van der Waals surface area contributed by atoms with Gasteiger partial charge in [0.25, 0.3) is 0 Å². The number of nitrogens with one attached hydrogen (secondary N) is 2. The molecule has 1 aliphatic carbocycles. The lowest BCUT2D eigenvalue weighted by Crippen LogP contribution is -2.47. The number of amides is 1. The van der Waals surface area contributed by atoms with E-state index >= 15 is 0 Å². The number of allylic oxidation sites excluding steroid dienone is 2. The molecular formula is C17H23N3O4. The summed E-state index contributed by atoms with van der Waals surface area (Å²) in [5.41, 5.74) is -1.98. The molecule has 1 unspecified atom stereocenters. The van der Waals surface area contributed by atoms with E-state index in [0.717, 1.165) is 0 Å². The average Bonchev–Trinajstić information content (AvgIpc) is 2.45. The minimum absolute atomic E-state index is 0.124. The highest BCUT2D eigenvalue weighted by molar-refractivity contribution is 6.09. The highest BCUT2D eigenvalue weighted by Gasteiger charge is 2.48. The number of carbonyl (C=O) groups excluding carboxylic acids is 2. The molecule has 0 saturated carbocycles. The van der Waals surface area contributed by atoms with Crippen LogP contribution < -0.4 is 11.0 Å². The smallest absolute Gasteiger partial charge is 0.347 e. The Morgan fingerprint density at radius 3 is 2.58 bits per heavy atom. The van der Waals surface area contributed by atoms with Gasteiger partial charge in [0, 0.05) is 11.8 Å². The maximum atomic E-state index is 12.8. The number of hydrogen-bond acceptors (Lipinski definition) is 5. The van der Waals surface area contributed by atoms with Gasteiger partial charge in [-0.25, -0.2) is 4.79 Å². The summed E-state index contributed by atoms with van der Waals surface area (Å²) in [4.78, 5) is 43.2. The van der Waals surface area contributed by atoms with Gasteiger partial charge >= 0.3 is 11.7 Å². The van der Waals surface area contributed by atoms with E-state index in [1.165, 1.54) is 0 Å². The van der Waals surface area contributed by atoms with Crippen LogP contribution in [-0.4, -0.2) is 27.4 Å². The van der Waals surface area contributed by atoms with Crippen LogP contribution in [0.3, 0.4) is 0 Å². The van der Waals surface area contributed by atoms with Crippen molar-refractivity contribution >= 4 is 17.7 Å². The van der Waals surface area contributed by atoms with Crippen molar-refractivity contribution < 1.29 is 14.3 Å². The number of carbonyl (C=O) groups is 2. The normalized spacial score (nSPS) is 20.5. The summed E-state index contributed by atoms with van der Waals surface area (Å²) < 4.78 is 5.46. The van der Waals surface area contributed by atoms with Crippen molar-refractivity contribution in [3.8, 4) is 0 Å². The van der Waals surface area contributed by atoms with E-state index < -0.39 is 28.6 Å². The Bertz CT molecular complexity index is 730. The standard InChI is InChI=1S/C17H23N3O4/c1-11-10-12(20-15(23)18-11)19-13(21)17(8-6-5-7-9-17)14(22)24-16(2,3)4/h5-6,10H,7-9H2,1-4H3,(H2,18,19,20,21,23). The van der Waals surface area contributed by atoms with E-state index in [9.17, 15) is 14.4 Å². The SMILES string of the molecule is Cc1cc(NC(=O)C2(C(=O)OC(C)(C)C)CC=CCC2)nc(=O)[nH]1. The summed E-state index contributed by atoms with van der Waals surface area (Å²) in [6.07, 6.45) is 4.96. The van der Waals surface area contributed by atoms with Crippen molar-refractivity contribution in [2.75, 3.05) is 5.32 Å². The van der Waals surface area contributed by atoms with Crippen LogP contribution in [0.2, 0.25) is 0 Å². The van der Waals surface area contributed by atoms with Gasteiger partial charge in [-0.1, -0.05) is 12.2 Å². The van der Waals surface area contributed by atoms with Crippen LogP contribution in [0.15, 0.2) is 23.0 Å². The van der Waals surface area contributed by atoms with Crippen LogP contribution in [0.25, 0.3) is 0 Å². The van der Waals surface area contributed by atoms with Crippen molar-refractivity contribution in [2.45, 2.75) is 52.6 Å². The third kappa shape index (κ3) is 4.10. The molecule has 24 heavy (non-hydrogen) atoms. The Balaban J connectivity index is 2.30. The molecule has 1 amide bonds. The quantitative estimate of drug-likeness (QED) is 0.501. The average molecular weight is 333 g/mol. The zero-order chi connectivity index (χ0) is 18.0. The Kier molecular flexibility index (Phi) is 4.91. The van der Waals surface area contributed by atoms with Crippen molar-refractivity contribution in [2.24, 2.45) is 5.41 Å². The van der Waals surface area contributed by atoms with E-state index in [1.807, 2.05) is 12.2 Å². The summed E-state index contributed by atoms with van der Waals surface area (Å²) >= 11 is 0. The largest absolute Gasteiger partial charge is 0.459 e. The molecule has 7 nitrogen and oxygen atoms in total. The molecule has 0 saturated heterocycles. The van der Waals surface area contributed by atoms with E-state index in [4.69, 9.17) is 4.74 Å². The molecule has 1 atom stereocenters. The zero-order valence-corrected chi connectivity index (χ0v) is 14.4. The van der Waals surface area contributed by atoms with Crippen molar-refractivity contribution in [1.29, 1.82) is 0 Å². The lowest BCUT2D eigenvalue weighted by molar-refractivity contribution is -0.170. The number of H-pyrrole nitrogens is 1. The second kappa shape index (κ2) is 6.59. The molecule has 0 radical (unpaired) electrons. The molecule has 0 spiro atoms. The first-order chi connectivity index (χ1) is 11.1. The number of anilines is 1. The van der Waals surface area contributed by atoms with Gasteiger partial charge in [0.2, 0.25) is 5.91 Å². The molecule has 2 rings (SSSR count). The minimum Gasteiger partial charge on any atom is -0.459 e. The first kappa shape index (κ1) is 17.9. The maximum absolute atomic E-state index is 12.8. The number of nitrogens with zero attached hydrogens (tertiary/aromatic N) is 1. The van der Waals surface area contributed by atoms with Crippen molar-refractivity contribution in [3.63, 3.8) is 0 Å². The van der Waals surface area contributed by atoms with Crippen LogP contribution >= 0.6 is 0 Å². The van der Waals surface area contributed by atoms with Crippen LogP contribution in [0, 0.1) is 12.3 Å². The molecule has 0 bridgehead atoms. The number of rotatable bonds is 3. The molecule has 0 aliphatic heterocycles. The van der Waals surface area contributed by atoms with Gasteiger partial charge in [-0.2, -0.15) is 4.98 Å². The number of aromatic amines is 1. The van der Waals surface area contributed by atoms with Gasteiger partial charge in [-0.3, -0.25) is 9.59 Å². The highest BCUT2D eigenvalue weighted by Crippen LogP contribution is 2.36. The molecule has 1 aliphatic rings. The molecule has 0 fully saturated rings. The minimum atomic E-state index is -1.31. The molecular weight excluding hydrogens is 310 g/mol. The number of esters is 1. The monoisotopic (exact) mass is 333 g/mol. The van der Waals surface area contributed by atoms with E-state index in [2.05, 4.69) is 15.3 Å². The zero-order valence-electron chi connectivity index (χ0n) is 14.4. The fraction of sp³-hybridized carbons (Fsp3) is 0.529. The molecule has 2 N–H and O–H groups in total. The van der Waals surface area contributed by atoms with Crippen LogP contribution in [0.5, 0.6) is 0 Å². The Hall–Kier alpha value is -2.44. The number of ether oxygens (including phenoxy) is 1. The summed E-state index contributed by atoms with van der Waals surface area (Å²) in [7, 11) is 0. The van der Waals surface area contributed by atoms with E-state index in [-0.39, 0.29) is 12.2 Å². The summed E-state index contributed by atoms with van der Waals surface area (Å²) in [5.74, 6) is -0.934. The van der Waals surface area contributed by atoms with Crippen LogP contribution in [0.1, 0.15) is 45.7 Å². The third-order valence-electron chi connectivity index (χ3n) is 3.72. The summed E-state index contributed by atoms with van der Waals surface area (Å²) in [6.45, 7) is 6.97. The lowest BCUT2D eigenvalue weighted by atomic mass is 9.76. The first-order valence-electron chi connectivity index (χ1n) is 7.90. The Morgan fingerprint density at radius 1 is 1.33 bits per heavy atom. The van der Waals surface area contributed by atoms with Gasteiger partial charge in [-0.05, 0) is 47.0 Å². The molecule has 130 valence electrons. The molecule has 7 heteroatoms. The molecule has 1 aromatic rings. The third-order valence-corrected chi connectivity index (χ3v) is 3.72. The Labute approximate surface area is 140 Å². The predicted octanol–water partition coefficient (Wildman–Crippen LogP) is 2.09. The van der Waals surface area contributed by atoms with Crippen LogP contribution in [0.4, 0.5) is 5.82 Å². The molecule has 0 aromatic carbocycles. The summed E-state index contributed by atoms with van der Waals surface area (Å²) in [6, 6.07) is 1.54.